The van der Waals surface area contributed by atoms with Crippen LogP contribution in [0.15, 0.2) is 60.7 Å². The summed E-state index contributed by atoms with van der Waals surface area (Å²) in [4.78, 5) is 14.7. The Morgan fingerprint density at radius 2 is 1.81 bits per heavy atom. The highest BCUT2D eigenvalue weighted by atomic mass is 32.1. The molecule has 1 aliphatic rings. The number of hydrogen-bond donors (Lipinski definition) is 1. The first-order valence-electron chi connectivity index (χ1n) is 8.97. The molecule has 0 saturated carbocycles. The number of thiol groups is 1. The first kappa shape index (κ1) is 19.7. The Bertz CT molecular complexity index is 785. The molecule has 0 N–H and O–H groups in total. The Balaban J connectivity index is 1.89. The standard InChI is InChI=1S/C21H23NO3S2/c1-16-12-13-22(19(23)24-15-17-8-4-2-5-9-17)21(14-16,25-20(26)27)18-10-6-3-7-11-18/h2-11,16H,12-15H2,1H3,(H,26,27). The predicted octanol–water partition coefficient (Wildman–Crippen LogP) is 5.14. The van der Waals surface area contributed by atoms with Crippen LogP contribution in [0.5, 0.6) is 0 Å². The van der Waals surface area contributed by atoms with Crippen LogP contribution in [0, 0.1) is 5.92 Å². The van der Waals surface area contributed by atoms with Crippen LogP contribution in [0.4, 0.5) is 4.79 Å². The number of piperidine rings is 1. The highest BCUT2D eigenvalue weighted by Gasteiger charge is 2.48. The molecule has 0 aromatic heterocycles. The fourth-order valence-electron chi connectivity index (χ4n) is 3.52. The zero-order valence-corrected chi connectivity index (χ0v) is 16.9. The van der Waals surface area contributed by atoms with Gasteiger partial charge in [0.15, 0.2) is 0 Å². The summed E-state index contributed by atoms with van der Waals surface area (Å²) in [6, 6.07) is 19.3. The second-order valence-corrected chi connectivity index (χ2v) is 7.89. The maximum absolute atomic E-state index is 13.0. The lowest BCUT2D eigenvalue weighted by molar-refractivity contribution is -0.122. The molecule has 2 aromatic rings. The molecule has 4 nitrogen and oxygen atoms in total. The van der Waals surface area contributed by atoms with E-state index in [1.165, 1.54) is 0 Å². The molecule has 1 amide bonds. The third-order valence-electron chi connectivity index (χ3n) is 4.81. The van der Waals surface area contributed by atoms with Crippen LogP contribution in [-0.2, 0) is 21.8 Å². The van der Waals surface area contributed by atoms with Crippen molar-refractivity contribution in [3.8, 4) is 0 Å². The van der Waals surface area contributed by atoms with E-state index in [2.05, 4.69) is 19.6 Å². The fraction of sp³-hybridized carbons (Fsp3) is 0.333. The molecule has 1 heterocycles. The maximum atomic E-state index is 13.0. The van der Waals surface area contributed by atoms with Crippen LogP contribution < -0.4 is 0 Å². The lowest BCUT2D eigenvalue weighted by atomic mass is 9.85. The maximum Gasteiger partial charge on any atom is 0.413 e. The van der Waals surface area contributed by atoms with Crippen LogP contribution in [0.25, 0.3) is 0 Å². The van der Waals surface area contributed by atoms with Crippen molar-refractivity contribution in [3.05, 3.63) is 71.8 Å². The Hall–Kier alpha value is -2.05. The molecule has 27 heavy (non-hydrogen) atoms. The average molecular weight is 402 g/mol. The highest BCUT2D eigenvalue weighted by molar-refractivity contribution is 8.10. The van der Waals surface area contributed by atoms with Crippen molar-refractivity contribution in [1.29, 1.82) is 0 Å². The van der Waals surface area contributed by atoms with Crippen molar-refractivity contribution in [2.24, 2.45) is 5.92 Å². The third kappa shape index (κ3) is 4.62. The van der Waals surface area contributed by atoms with Gasteiger partial charge in [-0.15, -0.1) is 0 Å². The number of likely N-dealkylation sites (tertiary alicyclic amines) is 1. The number of thiocarbonyl (C=S) groups is 1. The number of ether oxygens (including phenoxy) is 2. The first-order chi connectivity index (χ1) is 13.0. The normalized spacial score (nSPS) is 22.1. The lowest BCUT2D eigenvalue weighted by Gasteiger charge is -2.47. The molecule has 0 spiro atoms. The second-order valence-electron chi connectivity index (χ2n) is 6.81. The fourth-order valence-corrected chi connectivity index (χ4v) is 3.81. The molecule has 1 aliphatic heterocycles. The van der Waals surface area contributed by atoms with Gasteiger partial charge in [0, 0.05) is 18.5 Å². The molecule has 0 radical (unpaired) electrons. The molecular weight excluding hydrogens is 378 g/mol. The number of nitrogens with zero attached hydrogens (tertiary/aromatic N) is 1. The van der Waals surface area contributed by atoms with Crippen LogP contribution >= 0.6 is 24.8 Å². The molecule has 142 valence electrons. The largest absolute Gasteiger partial charge is 0.447 e. The van der Waals surface area contributed by atoms with Gasteiger partial charge in [-0.3, -0.25) is 4.90 Å². The molecule has 0 bridgehead atoms. The zero-order chi connectivity index (χ0) is 19.3. The van der Waals surface area contributed by atoms with Crippen molar-refractivity contribution in [2.75, 3.05) is 6.54 Å². The molecule has 2 unspecified atom stereocenters. The van der Waals surface area contributed by atoms with Crippen LogP contribution in [-0.4, -0.2) is 21.9 Å². The minimum absolute atomic E-state index is 0.105. The van der Waals surface area contributed by atoms with Gasteiger partial charge in [0.1, 0.15) is 6.61 Å². The van der Waals surface area contributed by atoms with Gasteiger partial charge in [0.2, 0.25) is 10.1 Å². The number of carbonyl (C=O) groups excluding carboxylic acids is 1. The summed E-state index contributed by atoms with van der Waals surface area (Å²) in [6.07, 6.45) is 1.08. The number of amides is 1. The molecular formula is C21H23NO3S2. The van der Waals surface area contributed by atoms with E-state index in [-0.39, 0.29) is 11.0 Å². The van der Waals surface area contributed by atoms with Crippen LogP contribution in [0.3, 0.4) is 0 Å². The quantitative estimate of drug-likeness (QED) is 0.569. The van der Waals surface area contributed by atoms with E-state index < -0.39 is 11.8 Å². The summed E-state index contributed by atoms with van der Waals surface area (Å²) in [6.45, 7) is 2.89. The Morgan fingerprint density at radius 3 is 2.44 bits per heavy atom. The Morgan fingerprint density at radius 1 is 1.19 bits per heavy atom. The third-order valence-corrected chi connectivity index (χ3v) is 4.99. The zero-order valence-electron chi connectivity index (χ0n) is 15.2. The van der Waals surface area contributed by atoms with Crippen LogP contribution in [0.1, 0.15) is 30.9 Å². The van der Waals surface area contributed by atoms with Gasteiger partial charge in [-0.2, -0.15) is 0 Å². The van der Waals surface area contributed by atoms with E-state index >= 15 is 0 Å². The van der Waals surface area contributed by atoms with E-state index in [4.69, 9.17) is 21.7 Å². The lowest BCUT2D eigenvalue weighted by Crippen LogP contribution is -2.56. The predicted molar refractivity (Wildman–Crippen MR) is 113 cm³/mol. The molecule has 0 aliphatic carbocycles. The molecule has 1 saturated heterocycles. The molecule has 2 aromatic carbocycles. The van der Waals surface area contributed by atoms with Gasteiger partial charge >= 0.3 is 6.09 Å². The Labute approximate surface area is 170 Å². The van der Waals surface area contributed by atoms with Gasteiger partial charge in [-0.25, -0.2) is 4.79 Å². The van der Waals surface area contributed by atoms with Gasteiger partial charge in [0.05, 0.1) is 0 Å². The number of hydrogen-bond acceptors (Lipinski definition) is 4. The number of rotatable bonds is 4. The summed E-state index contributed by atoms with van der Waals surface area (Å²) in [7, 11) is 0. The van der Waals surface area contributed by atoms with Crippen molar-refractivity contribution in [1.82, 2.24) is 4.90 Å². The summed E-state index contributed by atoms with van der Waals surface area (Å²) in [5.74, 6) is 0.367. The van der Waals surface area contributed by atoms with E-state index in [1.54, 1.807) is 4.90 Å². The Kier molecular flexibility index (Phi) is 6.39. The summed E-state index contributed by atoms with van der Waals surface area (Å²) < 4.78 is 11.7. The molecule has 6 heteroatoms. The minimum Gasteiger partial charge on any atom is -0.447 e. The number of benzene rings is 2. The summed E-state index contributed by atoms with van der Waals surface area (Å²) in [5.41, 5.74) is 0.794. The van der Waals surface area contributed by atoms with Gasteiger partial charge < -0.3 is 9.47 Å². The molecule has 1 fully saturated rings. The minimum atomic E-state index is -1.01. The summed E-state index contributed by atoms with van der Waals surface area (Å²) in [5, 5.41) is 0. The highest BCUT2D eigenvalue weighted by Crippen LogP contribution is 2.42. The van der Waals surface area contributed by atoms with Gasteiger partial charge in [0.25, 0.3) is 0 Å². The molecule has 3 rings (SSSR count). The van der Waals surface area contributed by atoms with Crippen molar-refractivity contribution < 1.29 is 14.3 Å². The SMILES string of the molecule is CC1CCN(C(=O)OCc2ccccc2)C(OC(=S)S)(c2ccccc2)C1. The monoisotopic (exact) mass is 401 g/mol. The summed E-state index contributed by atoms with van der Waals surface area (Å²) >= 11 is 9.32. The van der Waals surface area contributed by atoms with Crippen molar-refractivity contribution in [3.63, 3.8) is 0 Å². The first-order valence-corrected chi connectivity index (χ1v) is 9.82. The average Bonchev–Trinajstić information content (AvgIpc) is 2.67. The van der Waals surface area contributed by atoms with Gasteiger partial charge in [-0.1, -0.05) is 80.2 Å². The second kappa shape index (κ2) is 8.76. The van der Waals surface area contributed by atoms with Crippen LogP contribution in [0.2, 0.25) is 0 Å². The number of carbonyl (C=O) groups is 1. The topological polar surface area (TPSA) is 38.8 Å². The van der Waals surface area contributed by atoms with E-state index in [0.717, 1.165) is 17.5 Å². The van der Waals surface area contributed by atoms with E-state index in [9.17, 15) is 4.79 Å². The van der Waals surface area contributed by atoms with E-state index in [1.807, 2.05) is 60.7 Å². The smallest absolute Gasteiger partial charge is 0.413 e. The van der Waals surface area contributed by atoms with Crippen molar-refractivity contribution >= 4 is 35.3 Å². The van der Waals surface area contributed by atoms with E-state index in [0.29, 0.717) is 18.9 Å². The van der Waals surface area contributed by atoms with Crippen molar-refractivity contribution in [2.45, 2.75) is 32.1 Å². The molecule has 2 atom stereocenters. The van der Waals surface area contributed by atoms with Gasteiger partial charge in [-0.05, 0) is 30.1 Å².